The Morgan fingerprint density at radius 3 is 2.40 bits per heavy atom. The fourth-order valence-electron chi connectivity index (χ4n) is 0.240. The Morgan fingerprint density at radius 1 is 1.60 bits per heavy atom. The van der Waals surface area contributed by atoms with Gasteiger partial charge in [0.2, 0.25) is 0 Å². The van der Waals surface area contributed by atoms with Gasteiger partial charge in [-0.1, -0.05) is 11.8 Å². The molecule has 0 aromatic heterocycles. The summed E-state index contributed by atoms with van der Waals surface area (Å²) < 4.78 is 0. The first-order valence-electron chi connectivity index (χ1n) is 2.67. The van der Waals surface area contributed by atoms with E-state index in [9.17, 15) is 0 Å². The number of thioether (sulfide) groups is 1. The third-order valence-electron chi connectivity index (χ3n) is 0.798. The Bertz CT molecular complexity index is 153. The van der Waals surface area contributed by atoms with Gasteiger partial charge in [0.1, 0.15) is 0 Å². The highest BCUT2D eigenvalue weighted by atomic mass is 32.2. The van der Waals surface area contributed by atoms with Crippen LogP contribution in [0.5, 0.6) is 0 Å². The van der Waals surface area contributed by atoms with E-state index in [0.29, 0.717) is 10.3 Å². The molecule has 0 radical (unpaired) electrons. The van der Waals surface area contributed by atoms with Crippen molar-refractivity contribution in [2.75, 3.05) is 20.4 Å². The van der Waals surface area contributed by atoms with E-state index in [1.807, 2.05) is 20.4 Å². The van der Waals surface area contributed by atoms with Crippen molar-refractivity contribution in [2.24, 2.45) is 10.7 Å². The van der Waals surface area contributed by atoms with E-state index in [4.69, 9.17) is 18.0 Å². The summed E-state index contributed by atoms with van der Waals surface area (Å²) >= 11 is 6.25. The molecule has 0 spiro atoms. The van der Waals surface area contributed by atoms with Crippen molar-refractivity contribution in [3.8, 4) is 0 Å². The van der Waals surface area contributed by atoms with Crippen LogP contribution in [0, 0.1) is 0 Å². The zero-order chi connectivity index (χ0) is 8.15. The van der Waals surface area contributed by atoms with Gasteiger partial charge in [0.15, 0.2) is 10.3 Å². The van der Waals surface area contributed by atoms with Gasteiger partial charge < -0.3 is 10.6 Å². The summed E-state index contributed by atoms with van der Waals surface area (Å²) in [6, 6.07) is 0. The molecule has 0 atom stereocenters. The lowest BCUT2D eigenvalue weighted by atomic mass is 10.9. The standard InChI is InChI=1S/C5H11N3S2/c1-8(2)5(9)7-4(6)10-3/h1-3H3,(H2,6,7,9). The van der Waals surface area contributed by atoms with Crippen molar-refractivity contribution in [3.05, 3.63) is 0 Å². The average Bonchev–Trinajstić information content (AvgIpc) is 1.87. The topological polar surface area (TPSA) is 41.6 Å². The lowest BCUT2D eigenvalue weighted by Crippen LogP contribution is -2.20. The minimum absolute atomic E-state index is 0.499. The molecule has 0 aliphatic carbocycles. The molecular weight excluding hydrogens is 166 g/mol. The van der Waals surface area contributed by atoms with Gasteiger partial charge in [0.05, 0.1) is 0 Å². The highest BCUT2D eigenvalue weighted by Crippen LogP contribution is 1.93. The molecule has 0 saturated heterocycles. The first kappa shape index (κ1) is 9.71. The van der Waals surface area contributed by atoms with Crippen LogP contribution in [0.3, 0.4) is 0 Å². The minimum atomic E-state index is 0.499. The van der Waals surface area contributed by atoms with E-state index >= 15 is 0 Å². The minimum Gasteiger partial charge on any atom is -0.378 e. The van der Waals surface area contributed by atoms with Gasteiger partial charge in [-0.15, -0.1) is 0 Å². The molecule has 5 heteroatoms. The Kier molecular flexibility index (Phi) is 4.38. The van der Waals surface area contributed by atoms with E-state index in [-0.39, 0.29) is 0 Å². The van der Waals surface area contributed by atoms with Gasteiger partial charge in [-0.25, -0.2) is 0 Å². The van der Waals surface area contributed by atoms with Crippen LogP contribution in [0.1, 0.15) is 0 Å². The number of hydrogen-bond acceptors (Lipinski definition) is 2. The van der Waals surface area contributed by atoms with Crippen LogP contribution in [-0.2, 0) is 0 Å². The molecule has 0 amide bonds. The maximum absolute atomic E-state index is 5.41. The van der Waals surface area contributed by atoms with Crippen LogP contribution in [-0.4, -0.2) is 35.5 Å². The molecule has 0 aromatic carbocycles. The molecule has 58 valence electrons. The van der Waals surface area contributed by atoms with Gasteiger partial charge in [-0.2, -0.15) is 4.99 Å². The zero-order valence-electron chi connectivity index (χ0n) is 6.29. The Labute approximate surface area is 70.7 Å². The third kappa shape index (κ3) is 3.68. The van der Waals surface area contributed by atoms with Crippen molar-refractivity contribution in [1.29, 1.82) is 0 Å². The van der Waals surface area contributed by atoms with Gasteiger partial charge in [-0.05, 0) is 18.5 Å². The third-order valence-corrected chi connectivity index (χ3v) is 1.76. The quantitative estimate of drug-likeness (QED) is 0.332. The van der Waals surface area contributed by atoms with Crippen LogP contribution < -0.4 is 5.73 Å². The summed E-state index contributed by atoms with van der Waals surface area (Å²) in [5.41, 5.74) is 5.41. The number of hydrogen-bond donors (Lipinski definition) is 1. The van der Waals surface area contributed by atoms with E-state index in [1.165, 1.54) is 11.8 Å². The summed E-state index contributed by atoms with van der Waals surface area (Å²) in [6.45, 7) is 0. The van der Waals surface area contributed by atoms with Crippen molar-refractivity contribution in [3.63, 3.8) is 0 Å². The fourth-order valence-corrected chi connectivity index (χ4v) is 0.574. The Hall–Kier alpha value is -0.290. The van der Waals surface area contributed by atoms with Crippen molar-refractivity contribution in [2.45, 2.75) is 0 Å². The second-order valence-corrected chi connectivity index (χ2v) is 3.02. The monoisotopic (exact) mass is 177 g/mol. The summed E-state index contributed by atoms with van der Waals surface area (Å²) in [7, 11) is 3.67. The van der Waals surface area contributed by atoms with E-state index < -0.39 is 0 Å². The highest BCUT2D eigenvalue weighted by molar-refractivity contribution is 8.13. The molecule has 0 aromatic rings. The molecule has 0 rings (SSSR count). The van der Waals surface area contributed by atoms with Crippen LogP contribution in [0.15, 0.2) is 4.99 Å². The first-order valence-corrected chi connectivity index (χ1v) is 4.30. The van der Waals surface area contributed by atoms with Crippen LogP contribution in [0.4, 0.5) is 0 Å². The average molecular weight is 177 g/mol. The molecule has 0 aliphatic heterocycles. The molecule has 10 heavy (non-hydrogen) atoms. The molecule has 0 aliphatic rings. The Balaban J connectivity index is 4.00. The molecule has 0 unspecified atom stereocenters. The van der Waals surface area contributed by atoms with Crippen molar-refractivity contribution in [1.82, 2.24) is 4.90 Å². The van der Waals surface area contributed by atoms with E-state index in [0.717, 1.165) is 0 Å². The highest BCUT2D eigenvalue weighted by Gasteiger charge is 1.95. The summed E-state index contributed by atoms with van der Waals surface area (Å²) in [4.78, 5) is 5.64. The lowest BCUT2D eigenvalue weighted by Gasteiger charge is -2.08. The number of thiocarbonyl (C=S) groups is 1. The molecule has 0 heterocycles. The van der Waals surface area contributed by atoms with Gasteiger partial charge >= 0.3 is 0 Å². The number of nitrogens with two attached hydrogens (primary N) is 1. The smallest absolute Gasteiger partial charge is 0.197 e. The van der Waals surface area contributed by atoms with Gasteiger partial charge in [-0.3, -0.25) is 0 Å². The van der Waals surface area contributed by atoms with E-state index in [1.54, 1.807) is 4.90 Å². The lowest BCUT2D eigenvalue weighted by molar-refractivity contribution is 0.629. The van der Waals surface area contributed by atoms with Crippen LogP contribution in [0.2, 0.25) is 0 Å². The van der Waals surface area contributed by atoms with Gasteiger partial charge in [0, 0.05) is 14.1 Å². The maximum Gasteiger partial charge on any atom is 0.197 e. The Morgan fingerprint density at radius 2 is 2.10 bits per heavy atom. The predicted molar refractivity (Wildman–Crippen MR) is 51.4 cm³/mol. The largest absolute Gasteiger partial charge is 0.378 e. The number of aliphatic imine (C=N–C) groups is 1. The predicted octanol–water partition coefficient (Wildman–Crippen LogP) is 0.511. The van der Waals surface area contributed by atoms with Gasteiger partial charge in [0.25, 0.3) is 0 Å². The number of rotatable bonds is 0. The van der Waals surface area contributed by atoms with E-state index in [2.05, 4.69) is 4.99 Å². The molecule has 0 fully saturated rings. The van der Waals surface area contributed by atoms with Crippen molar-refractivity contribution < 1.29 is 0 Å². The maximum atomic E-state index is 5.41. The second kappa shape index (κ2) is 4.51. The molecule has 2 N–H and O–H groups in total. The normalized spacial score (nSPS) is 11.3. The summed E-state index contributed by atoms with van der Waals surface area (Å²) in [5, 5.41) is 1.01. The molecule has 0 saturated carbocycles. The second-order valence-electron chi connectivity index (χ2n) is 1.83. The van der Waals surface area contributed by atoms with Crippen LogP contribution in [0.25, 0.3) is 0 Å². The molecular formula is C5H11N3S2. The molecule has 0 bridgehead atoms. The van der Waals surface area contributed by atoms with Crippen molar-refractivity contribution >= 4 is 34.3 Å². The van der Waals surface area contributed by atoms with Crippen LogP contribution >= 0.6 is 24.0 Å². The zero-order valence-corrected chi connectivity index (χ0v) is 7.92. The number of amidine groups is 1. The molecule has 3 nitrogen and oxygen atoms in total. The SMILES string of the molecule is CS/C(N)=N/C(=S)N(C)C. The summed E-state index contributed by atoms with van der Waals surface area (Å²) in [6.07, 6.45) is 1.86. The number of nitrogens with zero attached hydrogens (tertiary/aromatic N) is 2. The fraction of sp³-hybridized carbons (Fsp3) is 0.600. The summed E-state index contributed by atoms with van der Waals surface area (Å²) in [5.74, 6) is 0. The first-order chi connectivity index (χ1) is 4.57.